The van der Waals surface area contributed by atoms with Crippen molar-refractivity contribution in [2.75, 3.05) is 6.54 Å². The van der Waals surface area contributed by atoms with Crippen LogP contribution in [0, 0.1) is 5.82 Å². The van der Waals surface area contributed by atoms with Gasteiger partial charge in [-0.3, -0.25) is 0 Å². The molecule has 0 unspecified atom stereocenters. The van der Waals surface area contributed by atoms with Crippen molar-refractivity contribution >= 4 is 0 Å². The molecule has 0 saturated carbocycles. The molecule has 3 nitrogen and oxygen atoms in total. The normalized spacial score (nSPS) is 13.4. The Morgan fingerprint density at radius 3 is 2.42 bits per heavy atom. The summed E-state index contributed by atoms with van der Waals surface area (Å²) in [5, 5.41) is 0. The maximum absolute atomic E-state index is 13.4. The molecule has 0 aliphatic carbocycles. The van der Waals surface area contributed by atoms with Crippen LogP contribution in [0.5, 0.6) is 5.75 Å². The second-order valence-corrected chi connectivity index (χ2v) is 4.13. The molecule has 0 amide bonds. The molecule has 108 valence electrons. The quantitative estimate of drug-likeness (QED) is 0.622. The number of rotatable bonds is 6. The van der Waals surface area contributed by atoms with Crippen molar-refractivity contribution < 1.29 is 22.3 Å². The smallest absolute Gasteiger partial charge is 0.403 e. The molecule has 0 aliphatic rings. The molecule has 19 heavy (non-hydrogen) atoms. The van der Waals surface area contributed by atoms with Gasteiger partial charge < -0.3 is 16.2 Å². The first-order valence-electron chi connectivity index (χ1n) is 5.84. The van der Waals surface area contributed by atoms with Crippen molar-refractivity contribution in [1.82, 2.24) is 0 Å². The first-order valence-corrected chi connectivity index (χ1v) is 5.84. The summed E-state index contributed by atoms with van der Waals surface area (Å²) < 4.78 is 52.8. The molecule has 1 aromatic carbocycles. The van der Waals surface area contributed by atoms with E-state index >= 15 is 0 Å². The second-order valence-electron chi connectivity index (χ2n) is 4.13. The number of alkyl halides is 3. The molecule has 0 saturated heterocycles. The summed E-state index contributed by atoms with van der Waals surface area (Å²) in [6.07, 6.45) is -2.74. The van der Waals surface area contributed by atoms with Crippen LogP contribution in [0.3, 0.4) is 0 Å². The van der Waals surface area contributed by atoms with E-state index in [4.69, 9.17) is 11.5 Å². The number of hydrogen-bond donors (Lipinski definition) is 2. The Hall–Kier alpha value is -1.34. The number of hydrogen-bond acceptors (Lipinski definition) is 3. The van der Waals surface area contributed by atoms with Crippen LogP contribution in [0.25, 0.3) is 0 Å². The van der Waals surface area contributed by atoms with E-state index in [1.165, 1.54) is 6.07 Å². The van der Waals surface area contributed by atoms with E-state index < -0.39 is 24.0 Å². The van der Waals surface area contributed by atoms with Gasteiger partial charge in [0.25, 0.3) is 0 Å². The second kappa shape index (κ2) is 6.72. The van der Waals surface area contributed by atoms with Crippen molar-refractivity contribution in [3.8, 4) is 5.75 Å². The standard InChI is InChI=1S/C12H16F4N2O/c13-9-7-8(10(18)3-1-2-6-17)4-5-11(9)19-12(14,15)16/h4-5,7,10H,1-3,6,17-18H2/t10-/m0/s1. The minimum Gasteiger partial charge on any atom is -0.403 e. The lowest BCUT2D eigenvalue weighted by atomic mass is 10.0. The number of unbranched alkanes of at least 4 members (excludes halogenated alkanes) is 1. The van der Waals surface area contributed by atoms with E-state index in [2.05, 4.69) is 4.74 Å². The monoisotopic (exact) mass is 280 g/mol. The maximum atomic E-state index is 13.4. The van der Waals surface area contributed by atoms with Gasteiger partial charge in [-0.05, 0) is 37.1 Å². The molecule has 1 aromatic rings. The van der Waals surface area contributed by atoms with Crippen LogP contribution in [-0.2, 0) is 0 Å². The number of nitrogens with two attached hydrogens (primary N) is 2. The van der Waals surface area contributed by atoms with Crippen LogP contribution in [-0.4, -0.2) is 12.9 Å². The number of benzene rings is 1. The molecule has 4 N–H and O–H groups in total. The highest BCUT2D eigenvalue weighted by molar-refractivity contribution is 5.31. The first-order chi connectivity index (χ1) is 8.83. The molecule has 1 rings (SSSR count). The van der Waals surface area contributed by atoms with Gasteiger partial charge in [0, 0.05) is 6.04 Å². The van der Waals surface area contributed by atoms with E-state index in [0.717, 1.165) is 25.0 Å². The number of halogens is 4. The van der Waals surface area contributed by atoms with Gasteiger partial charge in [0.2, 0.25) is 0 Å². The molecule has 7 heteroatoms. The van der Waals surface area contributed by atoms with Crippen LogP contribution in [0.15, 0.2) is 18.2 Å². The minimum atomic E-state index is -4.91. The summed E-state index contributed by atoms with van der Waals surface area (Å²) in [6.45, 7) is 0.541. The molecule has 0 aliphatic heterocycles. The predicted molar refractivity (Wildman–Crippen MR) is 62.9 cm³/mol. The summed E-state index contributed by atoms with van der Waals surface area (Å²) in [7, 11) is 0. The van der Waals surface area contributed by atoms with Gasteiger partial charge in [0.1, 0.15) is 0 Å². The van der Waals surface area contributed by atoms with Crippen LogP contribution in [0.2, 0.25) is 0 Å². The molecular weight excluding hydrogens is 264 g/mol. The van der Waals surface area contributed by atoms with Crippen molar-refractivity contribution in [3.63, 3.8) is 0 Å². The Morgan fingerprint density at radius 2 is 1.89 bits per heavy atom. The van der Waals surface area contributed by atoms with Gasteiger partial charge >= 0.3 is 6.36 Å². The first kappa shape index (κ1) is 15.7. The third kappa shape index (κ3) is 5.44. The molecule has 0 radical (unpaired) electrons. The highest BCUT2D eigenvalue weighted by atomic mass is 19.4. The van der Waals surface area contributed by atoms with Crippen molar-refractivity contribution in [2.24, 2.45) is 11.5 Å². The van der Waals surface area contributed by atoms with Gasteiger partial charge in [-0.2, -0.15) is 0 Å². The van der Waals surface area contributed by atoms with Gasteiger partial charge in [-0.15, -0.1) is 13.2 Å². The third-order valence-corrected chi connectivity index (χ3v) is 2.58. The zero-order valence-electron chi connectivity index (χ0n) is 10.2. The Morgan fingerprint density at radius 1 is 1.21 bits per heavy atom. The largest absolute Gasteiger partial charge is 0.573 e. The van der Waals surface area contributed by atoms with Gasteiger partial charge in [-0.1, -0.05) is 12.5 Å². The van der Waals surface area contributed by atoms with Crippen LogP contribution < -0.4 is 16.2 Å². The average Bonchev–Trinajstić information content (AvgIpc) is 2.30. The lowest BCUT2D eigenvalue weighted by Gasteiger charge is -2.14. The number of ether oxygens (including phenoxy) is 1. The Labute approximate surface area is 108 Å². The molecule has 0 bridgehead atoms. The molecule has 0 aromatic heterocycles. The van der Waals surface area contributed by atoms with E-state index in [1.54, 1.807) is 0 Å². The summed E-state index contributed by atoms with van der Waals surface area (Å²) >= 11 is 0. The lowest BCUT2D eigenvalue weighted by molar-refractivity contribution is -0.275. The molecule has 1 atom stereocenters. The van der Waals surface area contributed by atoms with Gasteiger partial charge in [0.05, 0.1) is 0 Å². The summed E-state index contributed by atoms with van der Waals surface area (Å²) in [5.74, 6) is -1.94. The third-order valence-electron chi connectivity index (χ3n) is 2.58. The van der Waals surface area contributed by atoms with Crippen molar-refractivity contribution in [1.29, 1.82) is 0 Å². The molecule has 0 fully saturated rings. The zero-order valence-corrected chi connectivity index (χ0v) is 10.2. The summed E-state index contributed by atoms with van der Waals surface area (Å²) in [6, 6.07) is 2.80. The van der Waals surface area contributed by atoms with E-state index in [-0.39, 0.29) is 0 Å². The topological polar surface area (TPSA) is 61.3 Å². The van der Waals surface area contributed by atoms with Crippen LogP contribution in [0.1, 0.15) is 30.9 Å². The minimum absolute atomic E-state index is 0.430. The highest BCUT2D eigenvalue weighted by Gasteiger charge is 2.32. The Bertz CT molecular complexity index is 409. The highest BCUT2D eigenvalue weighted by Crippen LogP contribution is 2.28. The Kier molecular flexibility index (Phi) is 5.56. The van der Waals surface area contributed by atoms with Gasteiger partial charge in [-0.25, -0.2) is 4.39 Å². The zero-order chi connectivity index (χ0) is 14.5. The maximum Gasteiger partial charge on any atom is 0.573 e. The van der Waals surface area contributed by atoms with Crippen molar-refractivity contribution in [2.45, 2.75) is 31.7 Å². The average molecular weight is 280 g/mol. The molecule has 0 spiro atoms. The van der Waals surface area contributed by atoms with E-state index in [1.807, 2.05) is 0 Å². The Balaban J connectivity index is 2.70. The SMILES string of the molecule is NCCCC[C@H](N)c1ccc(OC(F)(F)F)c(F)c1. The van der Waals surface area contributed by atoms with E-state index in [0.29, 0.717) is 18.5 Å². The molecule has 0 heterocycles. The fraction of sp³-hybridized carbons (Fsp3) is 0.500. The predicted octanol–water partition coefficient (Wildman–Crippen LogP) is 2.85. The fourth-order valence-corrected chi connectivity index (χ4v) is 1.63. The lowest BCUT2D eigenvalue weighted by Crippen LogP contribution is -2.18. The van der Waals surface area contributed by atoms with Crippen molar-refractivity contribution in [3.05, 3.63) is 29.6 Å². The summed E-state index contributed by atoms with van der Waals surface area (Å²) in [4.78, 5) is 0. The fourth-order valence-electron chi connectivity index (χ4n) is 1.63. The summed E-state index contributed by atoms with van der Waals surface area (Å²) in [5.41, 5.74) is 11.6. The van der Waals surface area contributed by atoms with Gasteiger partial charge in [0.15, 0.2) is 11.6 Å². The van der Waals surface area contributed by atoms with Crippen LogP contribution >= 0.6 is 0 Å². The van der Waals surface area contributed by atoms with E-state index in [9.17, 15) is 17.6 Å². The van der Waals surface area contributed by atoms with Crippen LogP contribution in [0.4, 0.5) is 17.6 Å². The molecular formula is C12H16F4N2O.